The number of benzene rings is 2. The molecule has 1 N–H and O–H groups in total. The number of hydrazine groups is 1. The van der Waals surface area contributed by atoms with Crippen molar-refractivity contribution in [2.45, 2.75) is 31.9 Å². The number of hydrogen-bond donors (Lipinski definition) is 1. The number of hydrogen-bond acceptors (Lipinski definition) is 8. The van der Waals surface area contributed by atoms with Gasteiger partial charge in [0, 0.05) is 18.5 Å². The predicted octanol–water partition coefficient (Wildman–Crippen LogP) is 6.54. The largest absolute Gasteiger partial charge is 0.508 e. The Morgan fingerprint density at radius 2 is 1.71 bits per heavy atom. The Morgan fingerprint density at radius 3 is 2.37 bits per heavy atom. The third kappa shape index (κ3) is 5.08. The van der Waals surface area contributed by atoms with Crippen molar-refractivity contribution in [1.29, 1.82) is 0 Å². The number of imide groups is 2. The molecule has 0 spiro atoms. The first-order valence-corrected chi connectivity index (χ1v) is 16.5. The number of phenols is 1. The third-order valence-corrected chi connectivity index (χ3v) is 11.3. The molecule has 0 radical (unpaired) electrons. The number of carbonyl (C=O) groups is 4. The van der Waals surface area contributed by atoms with Crippen molar-refractivity contribution in [1.82, 2.24) is 9.99 Å². The summed E-state index contributed by atoms with van der Waals surface area (Å²) in [5.74, 6) is -8.86. The molecule has 3 heterocycles. The highest BCUT2D eigenvalue weighted by Crippen LogP contribution is 2.64. The molecule has 3 aromatic rings. The second kappa shape index (κ2) is 11.9. The number of fused-ring (bicyclic) bond motifs is 4. The summed E-state index contributed by atoms with van der Waals surface area (Å²) in [4.78, 5) is 61.7. The molecule has 2 aromatic carbocycles. The number of pyridine rings is 1. The molecule has 1 aromatic heterocycles. The van der Waals surface area contributed by atoms with E-state index in [1.165, 1.54) is 38.4 Å². The molecule has 16 heteroatoms. The zero-order valence-electron chi connectivity index (χ0n) is 27.0. The van der Waals surface area contributed by atoms with Gasteiger partial charge >= 0.3 is 6.18 Å². The van der Waals surface area contributed by atoms with E-state index in [4.69, 9.17) is 27.9 Å². The summed E-state index contributed by atoms with van der Waals surface area (Å²) in [6.45, 7) is 1.60. The SMILES string of the molecule is COc1ccc(O)c(C2C3=CCC4C(=O)N(N(C)c5nc(C(F)(F)F)ccc5Cl)C(=O)C4C3CC3C(=O)N(c4ccc(F)c(Cl)c4)C(=O)C32C)c1. The van der Waals surface area contributed by atoms with Gasteiger partial charge in [-0.2, -0.15) is 18.2 Å². The molecule has 3 fully saturated rings. The van der Waals surface area contributed by atoms with Crippen LogP contribution < -0.4 is 14.6 Å². The number of allylic oxidation sites excluding steroid dienone is 2. The molecule has 0 bridgehead atoms. The Morgan fingerprint density at radius 1 is 0.980 bits per heavy atom. The van der Waals surface area contributed by atoms with Gasteiger partial charge in [0.15, 0.2) is 5.82 Å². The molecular formula is C35H28Cl2F4N4O6. The first-order chi connectivity index (χ1) is 24.0. The number of aromatic hydroxyl groups is 1. The average Bonchev–Trinajstić information content (AvgIpc) is 3.45. The number of halogens is 6. The molecular weight excluding hydrogens is 719 g/mol. The van der Waals surface area contributed by atoms with Crippen LogP contribution in [0.15, 0.2) is 60.2 Å². The fourth-order valence-corrected chi connectivity index (χ4v) is 8.71. The number of ether oxygens (including phenoxy) is 1. The molecule has 4 amide bonds. The van der Waals surface area contributed by atoms with Crippen LogP contribution in [0.25, 0.3) is 0 Å². The minimum Gasteiger partial charge on any atom is -0.508 e. The number of aromatic nitrogens is 1. The number of anilines is 2. The van der Waals surface area contributed by atoms with Crippen LogP contribution in [-0.2, 0) is 25.4 Å². The van der Waals surface area contributed by atoms with Crippen LogP contribution in [0, 0.1) is 34.9 Å². The van der Waals surface area contributed by atoms with Gasteiger partial charge in [-0.15, -0.1) is 0 Å². The number of methoxy groups -OCH3 is 1. The topological polar surface area (TPSA) is 120 Å². The molecule has 10 nitrogen and oxygen atoms in total. The number of carbonyl (C=O) groups excluding carboxylic acids is 4. The molecule has 6 unspecified atom stereocenters. The second-order valence-electron chi connectivity index (χ2n) is 13.2. The van der Waals surface area contributed by atoms with Crippen molar-refractivity contribution in [2.24, 2.45) is 29.1 Å². The highest BCUT2D eigenvalue weighted by Gasteiger charge is 2.68. The lowest BCUT2D eigenvalue weighted by atomic mass is 9.51. The van der Waals surface area contributed by atoms with Crippen LogP contribution in [0.5, 0.6) is 11.5 Å². The van der Waals surface area contributed by atoms with Gasteiger partial charge in [-0.1, -0.05) is 34.9 Å². The number of amides is 4. The summed E-state index contributed by atoms with van der Waals surface area (Å²) in [5.41, 5.74) is -2.03. The van der Waals surface area contributed by atoms with E-state index < -0.39 is 82.1 Å². The van der Waals surface area contributed by atoms with Gasteiger partial charge in [0.1, 0.15) is 23.0 Å². The van der Waals surface area contributed by atoms with Crippen LogP contribution >= 0.6 is 23.2 Å². The van der Waals surface area contributed by atoms with E-state index in [1.54, 1.807) is 13.0 Å². The number of rotatable bonds is 5. The molecule has 4 aliphatic rings. The summed E-state index contributed by atoms with van der Waals surface area (Å²) in [6, 6.07) is 9.52. The van der Waals surface area contributed by atoms with Crippen LogP contribution in [-0.4, -0.2) is 52.9 Å². The van der Waals surface area contributed by atoms with Crippen LogP contribution in [0.3, 0.4) is 0 Å². The molecule has 2 aliphatic heterocycles. The Balaban J connectivity index is 1.34. The summed E-state index contributed by atoms with van der Waals surface area (Å²) in [7, 11) is 2.62. The normalized spacial score (nSPS) is 27.3. The van der Waals surface area contributed by atoms with Crippen molar-refractivity contribution in [3.05, 3.63) is 87.3 Å². The van der Waals surface area contributed by atoms with E-state index >= 15 is 0 Å². The highest BCUT2D eigenvalue weighted by atomic mass is 35.5. The molecule has 2 saturated heterocycles. The highest BCUT2D eigenvalue weighted by molar-refractivity contribution is 6.33. The zero-order chi connectivity index (χ0) is 36.9. The Hall–Kier alpha value is -4.69. The molecule has 2 aliphatic carbocycles. The second-order valence-corrected chi connectivity index (χ2v) is 14.0. The molecule has 7 rings (SSSR count). The molecule has 1 saturated carbocycles. The van der Waals surface area contributed by atoms with Gasteiger partial charge in [-0.05, 0) is 74.2 Å². The number of nitrogens with zero attached hydrogens (tertiary/aromatic N) is 4. The molecule has 6 atom stereocenters. The Labute approximate surface area is 298 Å². The van der Waals surface area contributed by atoms with Gasteiger partial charge in [0.25, 0.3) is 11.8 Å². The molecule has 266 valence electrons. The van der Waals surface area contributed by atoms with Gasteiger partial charge in [-0.25, -0.2) is 14.3 Å². The van der Waals surface area contributed by atoms with Crippen molar-refractivity contribution in [2.75, 3.05) is 24.1 Å². The first-order valence-electron chi connectivity index (χ1n) is 15.8. The standard InChI is InChI=1S/C35H28Cl2F4N4O6/c1-34-21(31(48)44(33(34)50)15-4-9-24(38)23(37)12-15)14-19-17(28(34)20-13-16(51-3)5-10-25(20)46)6-7-18-27(19)32(49)45(30(18)47)43(2)29-22(36)8-11-26(42-29)35(39,40)41/h4-6,8-13,18-19,21,27-28,46H,7,14H2,1-3H3. The fraction of sp³-hybridized carbons (Fsp3) is 0.343. The van der Waals surface area contributed by atoms with Crippen molar-refractivity contribution >= 4 is 58.3 Å². The lowest BCUT2D eigenvalue weighted by Crippen LogP contribution is -2.49. The maximum Gasteiger partial charge on any atom is 0.433 e. The third-order valence-electron chi connectivity index (χ3n) is 10.7. The maximum absolute atomic E-state index is 14.6. The minimum atomic E-state index is -4.83. The van der Waals surface area contributed by atoms with Crippen molar-refractivity contribution < 1.29 is 46.6 Å². The molecule has 51 heavy (non-hydrogen) atoms. The predicted molar refractivity (Wildman–Crippen MR) is 175 cm³/mol. The number of alkyl halides is 3. The Bertz CT molecular complexity index is 2080. The monoisotopic (exact) mass is 746 g/mol. The lowest BCUT2D eigenvalue weighted by Gasteiger charge is -2.49. The maximum atomic E-state index is 14.6. The van der Waals surface area contributed by atoms with E-state index in [1.807, 2.05) is 0 Å². The van der Waals surface area contributed by atoms with Gasteiger partial charge in [0.2, 0.25) is 11.8 Å². The zero-order valence-corrected chi connectivity index (χ0v) is 28.6. The minimum absolute atomic E-state index is 0.0105. The van der Waals surface area contributed by atoms with Crippen LogP contribution in [0.4, 0.5) is 29.1 Å². The lowest BCUT2D eigenvalue weighted by molar-refractivity contribution is -0.141. The van der Waals surface area contributed by atoms with Gasteiger partial charge < -0.3 is 9.84 Å². The number of phenolic OH excluding ortho intramolecular Hbond substituents is 1. The fourth-order valence-electron chi connectivity index (χ4n) is 8.31. The van der Waals surface area contributed by atoms with Gasteiger partial charge in [0.05, 0.1) is 46.0 Å². The van der Waals surface area contributed by atoms with Crippen molar-refractivity contribution in [3.63, 3.8) is 0 Å². The van der Waals surface area contributed by atoms with Crippen molar-refractivity contribution in [3.8, 4) is 11.5 Å². The summed E-state index contributed by atoms with van der Waals surface area (Å²) in [6.07, 6.45) is -3.16. The summed E-state index contributed by atoms with van der Waals surface area (Å²) < 4.78 is 60.2. The quantitative estimate of drug-likeness (QED) is 0.178. The summed E-state index contributed by atoms with van der Waals surface area (Å²) in [5, 5.41) is 12.3. The van der Waals surface area contributed by atoms with Crippen LogP contribution in [0.1, 0.15) is 36.9 Å². The summed E-state index contributed by atoms with van der Waals surface area (Å²) >= 11 is 12.3. The van der Waals surface area contributed by atoms with E-state index in [-0.39, 0.29) is 39.9 Å². The van der Waals surface area contributed by atoms with Gasteiger partial charge in [-0.3, -0.25) is 24.2 Å². The van der Waals surface area contributed by atoms with E-state index in [0.717, 1.165) is 33.1 Å². The smallest absolute Gasteiger partial charge is 0.433 e. The average molecular weight is 748 g/mol. The van der Waals surface area contributed by atoms with E-state index in [0.29, 0.717) is 17.4 Å². The van der Waals surface area contributed by atoms with E-state index in [2.05, 4.69) is 4.98 Å². The first kappa shape index (κ1) is 34.7. The van der Waals surface area contributed by atoms with Crippen LogP contribution in [0.2, 0.25) is 10.0 Å². The van der Waals surface area contributed by atoms with E-state index in [9.17, 15) is 41.8 Å². The Kier molecular flexibility index (Phi) is 8.14.